The second-order valence-electron chi connectivity index (χ2n) is 7.35. The van der Waals surface area contributed by atoms with Crippen molar-refractivity contribution in [1.29, 1.82) is 0 Å². The zero-order valence-corrected chi connectivity index (χ0v) is 17.0. The van der Waals surface area contributed by atoms with E-state index in [0.717, 1.165) is 25.0 Å². The Bertz CT molecular complexity index is 961. The number of pyridine rings is 1. The van der Waals surface area contributed by atoms with Crippen LogP contribution in [0.3, 0.4) is 0 Å². The van der Waals surface area contributed by atoms with Gasteiger partial charge in [0.25, 0.3) is 5.91 Å². The molecule has 1 aliphatic rings. The molecule has 0 saturated carbocycles. The van der Waals surface area contributed by atoms with E-state index in [4.69, 9.17) is 9.47 Å². The minimum absolute atomic E-state index is 0.0237. The van der Waals surface area contributed by atoms with Crippen LogP contribution in [0.4, 0.5) is 0 Å². The van der Waals surface area contributed by atoms with Gasteiger partial charge in [0, 0.05) is 24.7 Å². The van der Waals surface area contributed by atoms with Gasteiger partial charge in [-0.1, -0.05) is 36.4 Å². The Kier molecular flexibility index (Phi) is 6.60. The zero-order valence-electron chi connectivity index (χ0n) is 17.0. The number of aromatic nitrogens is 1. The summed E-state index contributed by atoms with van der Waals surface area (Å²) in [6.45, 7) is 2.35. The van der Waals surface area contributed by atoms with Gasteiger partial charge in [-0.25, -0.2) is 0 Å². The van der Waals surface area contributed by atoms with Gasteiger partial charge in [0.1, 0.15) is 0 Å². The Hall–Kier alpha value is -3.34. The van der Waals surface area contributed by atoms with Crippen molar-refractivity contribution in [3.8, 4) is 11.5 Å². The van der Waals surface area contributed by atoms with Gasteiger partial charge in [0.05, 0.1) is 25.5 Å². The first-order valence-corrected chi connectivity index (χ1v) is 10.4. The van der Waals surface area contributed by atoms with Crippen LogP contribution in [0.25, 0.3) is 0 Å². The highest BCUT2D eigenvalue weighted by Gasteiger charge is 2.19. The van der Waals surface area contributed by atoms with Crippen LogP contribution in [0.2, 0.25) is 0 Å². The van der Waals surface area contributed by atoms with Gasteiger partial charge in [-0.2, -0.15) is 0 Å². The van der Waals surface area contributed by atoms with Crippen LogP contribution in [0.1, 0.15) is 34.5 Å². The lowest BCUT2D eigenvalue weighted by Crippen LogP contribution is -2.32. The highest BCUT2D eigenvalue weighted by molar-refractivity contribution is 5.95. The minimum atomic E-state index is -0.0237. The van der Waals surface area contributed by atoms with Gasteiger partial charge >= 0.3 is 0 Å². The smallest absolute Gasteiger partial charge is 0.254 e. The molecule has 0 N–H and O–H groups in total. The maximum atomic E-state index is 13.4. The van der Waals surface area contributed by atoms with Gasteiger partial charge in [-0.3, -0.25) is 9.78 Å². The van der Waals surface area contributed by atoms with E-state index in [1.54, 1.807) is 12.3 Å². The highest BCUT2D eigenvalue weighted by atomic mass is 16.5. The number of ether oxygens (including phenoxy) is 2. The molecule has 0 spiro atoms. The number of hydrogen-bond acceptors (Lipinski definition) is 4. The fourth-order valence-electron chi connectivity index (χ4n) is 3.54. The van der Waals surface area contributed by atoms with Crippen molar-refractivity contribution >= 4 is 5.91 Å². The Morgan fingerprint density at radius 2 is 1.73 bits per heavy atom. The van der Waals surface area contributed by atoms with Gasteiger partial charge in [-0.05, 0) is 48.7 Å². The Labute approximate surface area is 177 Å². The maximum Gasteiger partial charge on any atom is 0.254 e. The molecule has 0 unspecified atom stereocenters. The molecular weight excluding hydrogens is 376 g/mol. The molecular formula is C25H26N2O3. The van der Waals surface area contributed by atoms with E-state index in [2.05, 4.69) is 17.1 Å². The molecule has 0 bridgehead atoms. The minimum Gasteiger partial charge on any atom is -0.490 e. The summed E-state index contributed by atoms with van der Waals surface area (Å²) in [5.41, 5.74) is 2.76. The summed E-state index contributed by atoms with van der Waals surface area (Å²) in [7, 11) is 0. The van der Waals surface area contributed by atoms with Crippen molar-refractivity contribution in [2.24, 2.45) is 0 Å². The highest BCUT2D eigenvalue weighted by Crippen LogP contribution is 2.31. The van der Waals surface area contributed by atoms with Crippen molar-refractivity contribution in [3.63, 3.8) is 0 Å². The number of amides is 1. The molecule has 1 aliphatic heterocycles. The third-order valence-corrected chi connectivity index (χ3v) is 5.10. The molecule has 0 fully saturated rings. The second kappa shape index (κ2) is 9.92. The van der Waals surface area contributed by atoms with Crippen LogP contribution in [-0.4, -0.2) is 35.5 Å². The number of nitrogens with zero attached hydrogens (tertiary/aromatic N) is 2. The summed E-state index contributed by atoms with van der Waals surface area (Å²) in [6, 6.07) is 21.6. The quantitative estimate of drug-likeness (QED) is 0.583. The third kappa shape index (κ3) is 5.17. The number of carbonyl (C=O) groups is 1. The van der Waals surface area contributed by atoms with Crippen molar-refractivity contribution in [2.45, 2.75) is 25.8 Å². The molecule has 154 valence electrons. The van der Waals surface area contributed by atoms with Gasteiger partial charge in [0.15, 0.2) is 11.5 Å². The van der Waals surface area contributed by atoms with E-state index in [0.29, 0.717) is 43.4 Å². The monoisotopic (exact) mass is 402 g/mol. The molecule has 3 aromatic rings. The van der Waals surface area contributed by atoms with E-state index in [9.17, 15) is 4.79 Å². The van der Waals surface area contributed by atoms with E-state index in [1.807, 2.05) is 53.4 Å². The summed E-state index contributed by atoms with van der Waals surface area (Å²) >= 11 is 0. The van der Waals surface area contributed by atoms with Crippen LogP contribution in [-0.2, 0) is 13.0 Å². The fraction of sp³-hybridized carbons (Fsp3) is 0.280. The molecule has 5 nitrogen and oxygen atoms in total. The lowest BCUT2D eigenvalue weighted by molar-refractivity contribution is 0.0738. The van der Waals surface area contributed by atoms with Crippen LogP contribution >= 0.6 is 0 Å². The van der Waals surface area contributed by atoms with Crippen molar-refractivity contribution in [3.05, 3.63) is 89.7 Å². The average Bonchev–Trinajstić information content (AvgIpc) is 3.04. The second-order valence-corrected chi connectivity index (χ2v) is 7.35. The first-order valence-electron chi connectivity index (χ1n) is 10.4. The molecule has 2 heterocycles. The molecule has 0 radical (unpaired) electrons. The summed E-state index contributed by atoms with van der Waals surface area (Å²) in [4.78, 5) is 19.6. The van der Waals surface area contributed by atoms with Crippen molar-refractivity contribution in [2.75, 3.05) is 19.8 Å². The molecule has 0 saturated heterocycles. The van der Waals surface area contributed by atoms with Crippen molar-refractivity contribution in [1.82, 2.24) is 9.88 Å². The van der Waals surface area contributed by atoms with Crippen molar-refractivity contribution < 1.29 is 14.3 Å². The predicted molar refractivity (Wildman–Crippen MR) is 116 cm³/mol. The van der Waals surface area contributed by atoms with E-state index >= 15 is 0 Å². The summed E-state index contributed by atoms with van der Waals surface area (Å²) in [5.74, 6) is 1.31. The van der Waals surface area contributed by atoms with Gasteiger partial charge < -0.3 is 14.4 Å². The molecule has 4 rings (SSSR count). The number of hydrogen-bond donors (Lipinski definition) is 0. The first-order chi connectivity index (χ1) is 14.8. The predicted octanol–water partition coefficient (Wildman–Crippen LogP) is 4.52. The average molecular weight is 402 g/mol. The molecule has 1 amide bonds. The summed E-state index contributed by atoms with van der Waals surface area (Å²) in [5, 5.41) is 0. The van der Waals surface area contributed by atoms with Crippen LogP contribution in [0.5, 0.6) is 11.5 Å². The summed E-state index contributed by atoms with van der Waals surface area (Å²) in [6.07, 6.45) is 4.40. The Balaban J connectivity index is 1.50. The summed E-state index contributed by atoms with van der Waals surface area (Å²) < 4.78 is 11.5. The third-order valence-electron chi connectivity index (χ3n) is 5.10. The standard InChI is InChI=1S/C25H26N2O3/c28-25(21-12-13-23-24(18-21)30-17-7-16-29-23)27(19-22-11-4-5-14-26-22)15-6-10-20-8-2-1-3-9-20/h1-5,8-9,11-14,18H,6-7,10,15-17,19H2. The number of rotatable bonds is 7. The molecule has 2 aromatic carbocycles. The fourth-order valence-corrected chi connectivity index (χ4v) is 3.54. The zero-order chi connectivity index (χ0) is 20.6. The number of benzene rings is 2. The lowest BCUT2D eigenvalue weighted by atomic mass is 10.1. The van der Waals surface area contributed by atoms with E-state index < -0.39 is 0 Å². The van der Waals surface area contributed by atoms with E-state index in [-0.39, 0.29) is 5.91 Å². The molecule has 0 aliphatic carbocycles. The molecule has 5 heteroatoms. The lowest BCUT2D eigenvalue weighted by Gasteiger charge is -2.23. The topological polar surface area (TPSA) is 51.7 Å². The molecule has 0 atom stereocenters. The number of carbonyl (C=O) groups excluding carboxylic acids is 1. The first kappa shape index (κ1) is 20.0. The normalized spacial score (nSPS) is 12.8. The Morgan fingerprint density at radius 1 is 0.933 bits per heavy atom. The molecule has 30 heavy (non-hydrogen) atoms. The maximum absolute atomic E-state index is 13.4. The van der Waals surface area contributed by atoms with Gasteiger partial charge in [0.2, 0.25) is 0 Å². The molecule has 1 aromatic heterocycles. The van der Waals surface area contributed by atoms with Crippen LogP contribution in [0.15, 0.2) is 72.9 Å². The Morgan fingerprint density at radius 3 is 2.53 bits per heavy atom. The number of fused-ring (bicyclic) bond motifs is 1. The SMILES string of the molecule is O=C(c1ccc2c(c1)OCCCO2)N(CCCc1ccccc1)Cc1ccccn1. The number of aryl methyl sites for hydroxylation is 1. The van der Waals surface area contributed by atoms with E-state index in [1.165, 1.54) is 5.56 Å². The van der Waals surface area contributed by atoms with Gasteiger partial charge in [-0.15, -0.1) is 0 Å². The van der Waals surface area contributed by atoms with Crippen LogP contribution < -0.4 is 9.47 Å². The largest absolute Gasteiger partial charge is 0.490 e. The van der Waals surface area contributed by atoms with Crippen LogP contribution in [0, 0.1) is 0 Å².